The lowest BCUT2D eigenvalue weighted by Crippen LogP contribution is -2.19. The number of ether oxygens (including phenoxy) is 3. The van der Waals surface area contributed by atoms with Crippen LogP contribution >= 0.6 is 7.82 Å². The standard InChI is InChI=1S/C18H28N5O8P/c1-5-28-13(24)7-11(3)31-32(25,26)29-8-12-6-10(2)17(30-12)23-9-20-14-15(23)21-18(19)22-16(14)27-4/h9-12,17H,5-8H2,1-4H3,(H,25,26)(H2,19,21,22)/t10-,11+,12-,17+/m0/s1. The monoisotopic (exact) mass is 473 g/mol. The number of esters is 1. The maximum atomic E-state index is 12.2. The molecule has 0 aliphatic carbocycles. The van der Waals surface area contributed by atoms with Gasteiger partial charge in [0.1, 0.15) is 6.23 Å². The summed E-state index contributed by atoms with van der Waals surface area (Å²) >= 11 is 0. The van der Waals surface area contributed by atoms with Gasteiger partial charge in [-0.2, -0.15) is 9.97 Å². The summed E-state index contributed by atoms with van der Waals surface area (Å²) < 4.78 is 40.1. The summed E-state index contributed by atoms with van der Waals surface area (Å²) in [6.07, 6.45) is 0.178. The quantitative estimate of drug-likeness (QED) is 0.379. The van der Waals surface area contributed by atoms with Crippen molar-refractivity contribution in [2.45, 2.75) is 52.0 Å². The molecular formula is C18H28N5O8P. The molecule has 0 radical (unpaired) electrons. The van der Waals surface area contributed by atoms with Crippen molar-refractivity contribution in [1.82, 2.24) is 19.5 Å². The number of fused-ring (bicyclic) bond motifs is 1. The molecule has 2 aromatic heterocycles. The molecule has 32 heavy (non-hydrogen) atoms. The SMILES string of the molecule is CCOC(=O)C[C@@H](C)OP(=O)(O)OC[C@@H]1C[C@H](C)[C@H](n2cnc3c(OC)nc(N)nc32)O1. The van der Waals surface area contributed by atoms with Crippen molar-refractivity contribution in [3.63, 3.8) is 0 Å². The average molecular weight is 473 g/mol. The van der Waals surface area contributed by atoms with Crippen molar-refractivity contribution in [2.24, 2.45) is 5.92 Å². The second kappa shape index (κ2) is 10.1. The Kier molecular flexibility index (Phi) is 7.67. The fourth-order valence-corrected chi connectivity index (χ4v) is 4.47. The molecule has 1 fully saturated rings. The molecule has 3 N–H and O–H groups in total. The summed E-state index contributed by atoms with van der Waals surface area (Å²) in [4.78, 5) is 34.0. The molecule has 0 amide bonds. The molecule has 178 valence electrons. The fourth-order valence-electron chi connectivity index (χ4n) is 3.53. The number of nitrogens with zero attached hydrogens (tertiary/aromatic N) is 4. The van der Waals surface area contributed by atoms with E-state index in [0.717, 1.165) is 0 Å². The van der Waals surface area contributed by atoms with E-state index in [1.807, 2.05) is 6.92 Å². The Hall–Kier alpha value is -2.31. The Morgan fingerprint density at radius 1 is 1.47 bits per heavy atom. The second-order valence-corrected chi connectivity index (χ2v) is 8.87. The van der Waals surface area contributed by atoms with Crippen LogP contribution in [0.25, 0.3) is 11.2 Å². The van der Waals surface area contributed by atoms with Gasteiger partial charge >= 0.3 is 13.8 Å². The molecule has 2 aromatic rings. The van der Waals surface area contributed by atoms with Crippen LogP contribution in [-0.4, -0.2) is 62.9 Å². The molecular weight excluding hydrogens is 445 g/mol. The van der Waals surface area contributed by atoms with Crippen molar-refractivity contribution >= 4 is 30.9 Å². The van der Waals surface area contributed by atoms with Crippen LogP contribution in [0.2, 0.25) is 0 Å². The third-order valence-corrected chi connectivity index (χ3v) is 5.93. The Labute approximate surface area is 184 Å². The van der Waals surface area contributed by atoms with Crippen molar-refractivity contribution in [1.29, 1.82) is 0 Å². The maximum Gasteiger partial charge on any atom is 0.472 e. The number of imidazole rings is 1. The average Bonchev–Trinajstić information content (AvgIpc) is 3.28. The van der Waals surface area contributed by atoms with Crippen LogP contribution in [-0.2, 0) is 27.9 Å². The summed E-state index contributed by atoms with van der Waals surface area (Å²) in [5, 5.41) is 0. The van der Waals surface area contributed by atoms with Crippen LogP contribution < -0.4 is 10.5 Å². The summed E-state index contributed by atoms with van der Waals surface area (Å²) in [7, 11) is -2.93. The third-order valence-electron chi connectivity index (χ3n) is 4.82. The van der Waals surface area contributed by atoms with Gasteiger partial charge in [-0.15, -0.1) is 0 Å². The smallest absolute Gasteiger partial charge is 0.472 e. The number of methoxy groups -OCH3 is 1. The number of carbonyl (C=O) groups excluding carboxylic acids is 1. The molecule has 0 spiro atoms. The van der Waals surface area contributed by atoms with Crippen molar-refractivity contribution in [3.8, 4) is 5.88 Å². The van der Waals surface area contributed by atoms with Crippen molar-refractivity contribution in [2.75, 3.05) is 26.1 Å². The molecule has 13 nitrogen and oxygen atoms in total. The van der Waals surface area contributed by atoms with Crippen LogP contribution in [0.15, 0.2) is 6.33 Å². The molecule has 1 saturated heterocycles. The van der Waals surface area contributed by atoms with E-state index in [1.165, 1.54) is 14.0 Å². The number of anilines is 1. The van der Waals surface area contributed by atoms with Crippen molar-refractivity contribution < 1.29 is 37.5 Å². The number of phosphoric acid groups is 1. The van der Waals surface area contributed by atoms with Gasteiger partial charge in [0.2, 0.25) is 11.8 Å². The normalized spacial score (nSPS) is 23.7. The Balaban J connectivity index is 1.61. The highest BCUT2D eigenvalue weighted by Crippen LogP contribution is 2.46. The van der Waals surface area contributed by atoms with Crippen molar-refractivity contribution in [3.05, 3.63) is 6.33 Å². The molecule has 0 aromatic carbocycles. The van der Waals surface area contributed by atoms with E-state index in [0.29, 0.717) is 17.6 Å². The Morgan fingerprint density at radius 2 is 2.22 bits per heavy atom. The molecule has 3 heterocycles. The van der Waals surface area contributed by atoms with E-state index in [9.17, 15) is 14.3 Å². The van der Waals surface area contributed by atoms with Crippen LogP contribution in [0.3, 0.4) is 0 Å². The summed E-state index contributed by atoms with van der Waals surface area (Å²) in [5.74, 6) is -0.210. The highest BCUT2D eigenvalue weighted by molar-refractivity contribution is 7.47. The van der Waals surface area contributed by atoms with E-state index in [4.69, 9.17) is 29.0 Å². The molecule has 1 unspecified atom stereocenters. The van der Waals surface area contributed by atoms with Gasteiger partial charge in [-0.05, 0) is 20.3 Å². The van der Waals surface area contributed by atoms with Crippen LogP contribution in [0.5, 0.6) is 5.88 Å². The first-order valence-corrected chi connectivity index (χ1v) is 11.6. The predicted octanol–water partition coefficient (Wildman–Crippen LogP) is 1.82. The topological polar surface area (TPSA) is 170 Å². The zero-order valence-electron chi connectivity index (χ0n) is 18.3. The predicted molar refractivity (Wildman–Crippen MR) is 112 cm³/mol. The molecule has 14 heteroatoms. The molecule has 0 bridgehead atoms. The van der Waals surface area contributed by atoms with Gasteiger partial charge in [-0.25, -0.2) is 9.55 Å². The second-order valence-electron chi connectivity index (χ2n) is 7.47. The van der Waals surface area contributed by atoms with E-state index in [1.54, 1.807) is 17.8 Å². The minimum atomic E-state index is -4.39. The Morgan fingerprint density at radius 3 is 2.91 bits per heavy atom. The molecule has 1 aliphatic heterocycles. The zero-order chi connectivity index (χ0) is 23.5. The highest BCUT2D eigenvalue weighted by Gasteiger charge is 2.37. The van der Waals surface area contributed by atoms with Gasteiger partial charge in [0.05, 0.1) is 45.3 Å². The van der Waals surface area contributed by atoms with E-state index >= 15 is 0 Å². The van der Waals surface area contributed by atoms with E-state index < -0.39 is 32.2 Å². The number of carbonyl (C=O) groups is 1. The first-order chi connectivity index (χ1) is 15.1. The Bertz CT molecular complexity index is 1000. The first-order valence-electron chi connectivity index (χ1n) is 10.1. The lowest BCUT2D eigenvalue weighted by atomic mass is 10.1. The maximum absolute atomic E-state index is 12.2. The largest absolute Gasteiger partial charge is 0.479 e. The number of aromatic nitrogens is 4. The minimum absolute atomic E-state index is 0.0184. The summed E-state index contributed by atoms with van der Waals surface area (Å²) in [6, 6.07) is 0. The van der Waals surface area contributed by atoms with Gasteiger partial charge < -0.3 is 24.8 Å². The summed E-state index contributed by atoms with van der Waals surface area (Å²) in [5.41, 5.74) is 6.67. The number of hydrogen-bond acceptors (Lipinski definition) is 11. The minimum Gasteiger partial charge on any atom is -0.479 e. The van der Waals surface area contributed by atoms with Gasteiger partial charge in [-0.1, -0.05) is 6.92 Å². The van der Waals surface area contributed by atoms with Crippen LogP contribution in [0.4, 0.5) is 5.95 Å². The number of hydrogen-bond donors (Lipinski definition) is 2. The van der Waals surface area contributed by atoms with Crippen LogP contribution in [0, 0.1) is 5.92 Å². The highest BCUT2D eigenvalue weighted by atomic mass is 31.2. The van der Waals surface area contributed by atoms with Crippen LogP contribution in [0.1, 0.15) is 39.8 Å². The van der Waals surface area contributed by atoms with E-state index in [2.05, 4.69) is 15.0 Å². The number of phosphoric ester groups is 1. The number of nitrogen functional groups attached to an aromatic ring is 1. The molecule has 0 saturated carbocycles. The van der Waals surface area contributed by atoms with Gasteiger partial charge in [0.15, 0.2) is 11.2 Å². The van der Waals surface area contributed by atoms with Gasteiger partial charge in [0, 0.05) is 5.92 Å². The lowest BCUT2D eigenvalue weighted by molar-refractivity contribution is -0.144. The molecule has 1 aliphatic rings. The fraction of sp³-hybridized carbons (Fsp3) is 0.667. The van der Waals surface area contributed by atoms with Gasteiger partial charge in [0.25, 0.3) is 0 Å². The number of nitrogens with two attached hydrogens (primary N) is 1. The first kappa shape index (κ1) is 24.3. The number of rotatable bonds is 10. The molecule has 5 atom stereocenters. The van der Waals surface area contributed by atoms with Gasteiger partial charge in [-0.3, -0.25) is 18.4 Å². The summed E-state index contributed by atoms with van der Waals surface area (Å²) in [6.45, 7) is 5.17. The lowest BCUT2D eigenvalue weighted by Gasteiger charge is -2.20. The zero-order valence-corrected chi connectivity index (χ0v) is 19.2. The third kappa shape index (κ3) is 5.73. The van der Waals surface area contributed by atoms with E-state index in [-0.39, 0.29) is 37.4 Å². The molecule has 3 rings (SSSR count).